The lowest BCUT2D eigenvalue weighted by Crippen LogP contribution is -2.42. The Bertz CT molecular complexity index is 1190. The van der Waals surface area contributed by atoms with Crippen LogP contribution in [0.3, 0.4) is 0 Å². The number of halogens is 6. The lowest BCUT2D eigenvalue weighted by Gasteiger charge is -2.29. The normalized spacial score (nSPS) is 20.3. The van der Waals surface area contributed by atoms with Gasteiger partial charge in [-0.15, -0.1) is 0 Å². The average molecular weight is 519 g/mol. The van der Waals surface area contributed by atoms with Crippen molar-refractivity contribution in [3.63, 3.8) is 0 Å². The Morgan fingerprint density at radius 3 is 2.50 bits per heavy atom. The minimum Gasteiger partial charge on any atom is -0.441 e. The van der Waals surface area contributed by atoms with Gasteiger partial charge in [-0.25, -0.2) is 9.18 Å². The summed E-state index contributed by atoms with van der Waals surface area (Å²) in [6.45, 7) is 1.55. The summed E-state index contributed by atoms with van der Waals surface area (Å²) in [7, 11) is 0. The number of fused-ring (bicyclic) bond motifs is 1. The van der Waals surface area contributed by atoms with E-state index in [1.165, 1.54) is 23.1 Å². The Kier molecular flexibility index (Phi) is 6.24. The van der Waals surface area contributed by atoms with Crippen LogP contribution in [-0.2, 0) is 26.5 Å². The number of hydrogen-bond acceptors (Lipinski definition) is 5. The van der Waals surface area contributed by atoms with Crippen molar-refractivity contribution in [2.45, 2.75) is 38.1 Å². The molecule has 0 radical (unpaired) electrons. The van der Waals surface area contributed by atoms with Gasteiger partial charge in [0.2, 0.25) is 5.91 Å². The fourth-order valence-electron chi connectivity index (χ4n) is 3.78. The van der Waals surface area contributed by atoms with Gasteiger partial charge < -0.3 is 14.5 Å². The molecule has 0 fully saturated rings. The number of esters is 1. The van der Waals surface area contributed by atoms with E-state index in [1.807, 2.05) is 0 Å². The molecule has 0 spiro atoms. The highest BCUT2D eigenvalue weighted by Gasteiger charge is 2.62. The molecule has 4 rings (SSSR count). The van der Waals surface area contributed by atoms with Crippen molar-refractivity contribution in [1.29, 1.82) is 0 Å². The third kappa shape index (κ3) is 4.09. The molecule has 2 heterocycles. The zero-order chi connectivity index (χ0) is 24.8. The number of ether oxygens (including phenoxy) is 1. The third-order valence-electron chi connectivity index (χ3n) is 5.67. The molecule has 34 heavy (non-hydrogen) atoms. The molecule has 12 heteroatoms. The number of benzene rings is 2. The van der Waals surface area contributed by atoms with Gasteiger partial charge in [0.15, 0.2) is 12.5 Å². The van der Waals surface area contributed by atoms with Crippen LogP contribution < -0.4 is 0 Å². The topological polar surface area (TPSA) is 68.2 Å². The lowest BCUT2D eigenvalue weighted by atomic mass is 9.86. The SMILES string of the molecule is CCC(=O)N1COC(=O)c2cc(C3=NOC(c4cc(Cl)c(F)c(Cl)c4)(C(F)(F)F)C3)ccc2C1. The molecule has 0 N–H and O–H groups in total. The van der Waals surface area contributed by atoms with E-state index in [0.717, 1.165) is 12.1 Å². The van der Waals surface area contributed by atoms with Crippen LogP contribution in [0.15, 0.2) is 35.5 Å². The van der Waals surface area contributed by atoms with E-state index < -0.39 is 45.6 Å². The minimum absolute atomic E-state index is 0.101. The van der Waals surface area contributed by atoms with Crippen molar-refractivity contribution in [1.82, 2.24) is 4.90 Å². The quantitative estimate of drug-likeness (QED) is 0.302. The second-order valence-corrected chi connectivity index (χ2v) is 8.58. The minimum atomic E-state index is -4.96. The fourth-order valence-corrected chi connectivity index (χ4v) is 4.27. The molecule has 2 aliphatic rings. The van der Waals surface area contributed by atoms with E-state index >= 15 is 0 Å². The van der Waals surface area contributed by atoms with E-state index in [0.29, 0.717) is 5.56 Å². The Hall–Kier alpha value is -2.85. The summed E-state index contributed by atoms with van der Waals surface area (Å²) in [4.78, 5) is 30.8. The number of amides is 1. The van der Waals surface area contributed by atoms with Gasteiger partial charge in [0.05, 0.1) is 21.3 Å². The summed E-state index contributed by atoms with van der Waals surface area (Å²) >= 11 is 11.4. The Labute approximate surface area is 201 Å². The fraction of sp³-hybridized carbons (Fsp3) is 0.318. The van der Waals surface area contributed by atoms with Crippen molar-refractivity contribution in [2.75, 3.05) is 6.73 Å². The summed E-state index contributed by atoms with van der Waals surface area (Å²) in [6, 6.07) is 5.93. The molecule has 2 aromatic rings. The van der Waals surface area contributed by atoms with E-state index in [1.54, 1.807) is 6.92 Å². The van der Waals surface area contributed by atoms with Crippen molar-refractivity contribution in [2.24, 2.45) is 5.16 Å². The number of hydrogen-bond donors (Lipinski definition) is 0. The number of rotatable bonds is 3. The maximum atomic E-state index is 14.2. The molecule has 180 valence electrons. The van der Waals surface area contributed by atoms with Gasteiger partial charge in [0, 0.05) is 30.5 Å². The predicted octanol–water partition coefficient (Wildman–Crippen LogP) is 5.58. The molecule has 6 nitrogen and oxygen atoms in total. The summed E-state index contributed by atoms with van der Waals surface area (Å²) in [5.41, 5.74) is -2.80. The summed E-state index contributed by atoms with van der Waals surface area (Å²) in [5, 5.41) is 2.45. The van der Waals surface area contributed by atoms with Gasteiger partial charge in [-0.2, -0.15) is 13.2 Å². The second-order valence-electron chi connectivity index (χ2n) is 7.76. The second kappa shape index (κ2) is 8.74. The molecule has 0 aliphatic carbocycles. The van der Waals surface area contributed by atoms with Gasteiger partial charge in [0.25, 0.3) is 5.60 Å². The first-order chi connectivity index (χ1) is 16.0. The molecular weight excluding hydrogens is 503 g/mol. The maximum Gasteiger partial charge on any atom is 0.435 e. The molecular formula is C22H16Cl2F4N2O4. The predicted molar refractivity (Wildman–Crippen MR) is 114 cm³/mol. The largest absolute Gasteiger partial charge is 0.441 e. The molecule has 1 amide bonds. The Morgan fingerprint density at radius 2 is 1.88 bits per heavy atom. The van der Waals surface area contributed by atoms with Crippen LogP contribution in [0.5, 0.6) is 0 Å². The highest BCUT2D eigenvalue weighted by atomic mass is 35.5. The zero-order valence-electron chi connectivity index (χ0n) is 17.5. The van der Waals surface area contributed by atoms with Crippen molar-refractivity contribution >= 4 is 40.8 Å². The number of carbonyl (C=O) groups is 2. The number of nitrogens with zero attached hydrogens (tertiary/aromatic N) is 2. The van der Waals surface area contributed by atoms with Gasteiger partial charge in [-0.3, -0.25) is 4.79 Å². The van der Waals surface area contributed by atoms with Gasteiger partial charge in [-0.05, 0) is 23.8 Å². The summed E-state index contributed by atoms with van der Waals surface area (Å²) in [6.07, 6.45) is -5.52. The standard InChI is InChI=1S/C22H16Cl2F4N2O4/c1-2-18(31)30-9-12-4-3-11(5-14(12)20(32)33-10-30)17-8-21(34-29-17,22(26,27)28)13-6-15(23)19(25)16(24)7-13/h3-7H,2,8-10H2,1H3. The van der Waals surface area contributed by atoms with Gasteiger partial charge in [0.1, 0.15) is 0 Å². The van der Waals surface area contributed by atoms with E-state index in [4.69, 9.17) is 32.8 Å². The number of cyclic esters (lactones) is 1. The molecule has 2 aromatic carbocycles. The number of carbonyl (C=O) groups excluding carboxylic acids is 2. The van der Waals surface area contributed by atoms with E-state index in [2.05, 4.69) is 5.16 Å². The average Bonchev–Trinajstić information content (AvgIpc) is 3.19. The summed E-state index contributed by atoms with van der Waals surface area (Å²) < 4.78 is 61.6. The van der Waals surface area contributed by atoms with E-state index in [9.17, 15) is 27.2 Å². The third-order valence-corrected chi connectivity index (χ3v) is 6.22. The van der Waals surface area contributed by atoms with Crippen LogP contribution in [0.2, 0.25) is 10.0 Å². The summed E-state index contributed by atoms with van der Waals surface area (Å²) in [5.74, 6) is -1.99. The lowest BCUT2D eigenvalue weighted by molar-refractivity contribution is -0.275. The first-order valence-corrected chi connectivity index (χ1v) is 10.8. The van der Waals surface area contributed by atoms with Crippen molar-refractivity contribution in [3.05, 3.63) is 68.4 Å². The van der Waals surface area contributed by atoms with Crippen LogP contribution in [0.1, 0.15) is 46.8 Å². The van der Waals surface area contributed by atoms with Crippen LogP contribution in [0.4, 0.5) is 17.6 Å². The Morgan fingerprint density at radius 1 is 1.21 bits per heavy atom. The smallest absolute Gasteiger partial charge is 0.435 e. The molecule has 0 bridgehead atoms. The monoisotopic (exact) mass is 518 g/mol. The molecule has 1 unspecified atom stereocenters. The van der Waals surface area contributed by atoms with Gasteiger partial charge in [-0.1, -0.05) is 47.4 Å². The first-order valence-electron chi connectivity index (χ1n) is 10.0. The molecule has 1 atom stereocenters. The Balaban J connectivity index is 1.70. The van der Waals surface area contributed by atoms with Crippen molar-refractivity contribution in [3.8, 4) is 0 Å². The molecule has 2 aliphatic heterocycles. The number of alkyl halides is 3. The molecule has 0 saturated heterocycles. The maximum absolute atomic E-state index is 14.2. The highest BCUT2D eigenvalue weighted by molar-refractivity contribution is 6.35. The molecule has 0 aromatic heterocycles. The molecule has 0 saturated carbocycles. The van der Waals surface area contributed by atoms with Crippen LogP contribution in [-0.4, -0.2) is 35.4 Å². The van der Waals surface area contributed by atoms with E-state index in [-0.39, 0.29) is 42.4 Å². The van der Waals surface area contributed by atoms with Crippen LogP contribution in [0, 0.1) is 5.82 Å². The first kappa shape index (κ1) is 24.3. The van der Waals surface area contributed by atoms with Crippen LogP contribution in [0.25, 0.3) is 0 Å². The zero-order valence-corrected chi connectivity index (χ0v) is 19.0. The van der Waals surface area contributed by atoms with Gasteiger partial charge >= 0.3 is 12.1 Å². The number of oxime groups is 1. The van der Waals surface area contributed by atoms with Crippen molar-refractivity contribution < 1.29 is 36.7 Å². The van der Waals surface area contributed by atoms with Crippen LogP contribution >= 0.6 is 23.2 Å². The highest BCUT2D eigenvalue weighted by Crippen LogP contribution is 2.50.